The molecule has 2 amide bonds. The topological polar surface area (TPSA) is 78.4 Å². The van der Waals surface area contributed by atoms with E-state index in [0.717, 1.165) is 20.9 Å². The Balaban J connectivity index is 1.68. The number of fused-ring (bicyclic) bond motifs is 2. The van der Waals surface area contributed by atoms with Crippen molar-refractivity contribution in [2.24, 2.45) is 0 Å². The second-order valence-electron chi connectivity index (χ2n) is 6.27. The lowest BCUT2D eigenvalue weighted by Gasteiger charge is -2.17. The third-order valence-corrected chi connectivity index (χ3v) is 5.64. The first-order valence-corrected chi connectivity index (χ1v) is 9.73. The zero-order valence-electron chi connectivity index (χ0n) is 14.5. The average Bonchev–Trinajstić information content (AvgIpc) is 3.08. The maximum atomic E-state index is 12.9. The molecule has 3 aromatic carbocycles. The van der Waals surface area contributed by atoms with E-state index in [1.807, 2.05) is 42.5 Å². The van der Waals surface area contributed by atoms with Crippen molar-refractivity contribution in [2.75, 3.05) is 5.32 Å². The standard InChI is InChI=1S/C21H15ClN2O3S/c22-14-6-8-18-16(10-14)17(11-28-18)19(24-21(26)27)20(25)23-15-7-5-12-3-1-2-4-13(12)9-15/h1-11,19,24H,(H,23,25)(H,26,27). The van der Waals surface area contributed by atoms with E-state index in [1.165, 1.54) is 11.3 Å². The molecule has 7 heteroatoms. The van der Waals surface area contributed by atoms with Gasteiger partial charge in [0.05, 0.1) is 0 Å². The summed E-state index contributed by atoms with van der Waals surface area (Å²) in [7, 11) is 0. The summed E-state index contributed by atoms with van der Waals surface area (Å²) < 4.78 is 0.926. The lowest BCUT2D eigenvalue weighted by molar-refractivity contribution is -0.118. The Kier molecular flexibility index (Phi) is 4.90. The number of halogens is 1. The molecule has 3 N–H and O–H groups in total. The summed E-state index contributed by atoms with van der Waals surface area (Å²) in [5.74, 6) is -0.461. The Morgan fingerprint density at radius 1 is 1.00 bits per heavy atom. The highest BCUT2D eigenvalue weighted by Gasteiger charge is 2.26. The third-order valence-electron chi connectivity index (χ3n) is 4.42. The number of rotatable bonds is 4. The Morgan fingerprint density at radius 2 is 1.79 bits per heavy atom. The highest BCUT2D eigenvalue weighted by Crippen LogP contribution is 2.33. The highest BCUT2D eigenvalue weighted by molar-refractivity contribution is 7.17. The summed E-state index contributed by atoms with van der Waals surface area (Å²) in [6.07, 6.45) is -1.28. The molecule has 0 aliphatic rings. The van der Waals surface area contributed by atoms with Crippen molar-refractivity contribution in [1.29, 1.82) is 0 Å². The second-order valence-corrected chi connectivity index (χ2v) is 7.61. The Morgan fingerprint density at radius 3 is 2.57 bits per heavy atom. The van der Waals surface area contributed by atoms with Crippen LogP contribution in [0.5, 0.6) is 0 Å². The highest BCUT2D eigenvalue weighted by atomic mass is 35.5. The predicted molar refractivity (Wildman–Crippen MR) is 113 cm³/mol. The normalized spacial score (nSPS) is 12.0. The second kappa shape index (κ2) is 7.50. The van der Waals surface area contributed by atoms with Gasteiger partial charge in [0.25, 0.3) is 5.91 Å². The molecular formula is C21H15ClN2O3S. The van der Waals surface area contributed by atoms with Crippen molar-refractivity contribution < 1.29 is 14.7 Å². The van der Waals surface area contributed by atoms with Gasteiger partial charge in [-0.15, -0.1) is 11.3 Å². The molecule has 4 rings (SSSR count). The van der Waals surface area contributed by atoms with Gasteiger partial charge in [-0.2, -0.15) is 0 Å². The summed E-state index contributed by atoms with van der Waals surface area (Å²) in [4.78, 5) is 24.3. The zero-order chi connectivity index (χ0) is 19.7. The number of thiophene rings is 1. The first-order chi connectivity index (χ1) is 13.5. The van der Waals surface area contributed by atoms with E-state index in [9.17, 15) is 14.7 Å². The molecule has 1 heterocycles. The number of carbonyl (C=O) groups excluding carboxylic acids is 1. The van der Waals surface area contributed by atoms with Gasteiger partial charge in [0.2, 0.25) is 0 Å². The summed E-state index contributed by atoms with van der Waals surface area (Å²) in [5, 5.41) is 19.5. The van der Waals surface area contributed by atoms with Crippen LogP contribution < -0.4 is 10.6 Å². The fourth-order valence-electron chi connectivity index (χ4n) is 3.13. The minimum absolute atomic E-state index is 0.461. The van der Waals surface area contributed by atoms with Gasteiger partial charge in [-0.25, -0.2) is 4.79 Å². The van der Waals surface area contributed by atoms with E-state index in [1.54, 1.807) is 23.6 Å². The molecule has 0 bridgehead atoms. The van der Waals surface area contributed by atoms with Gasteiger partial charge in [-0.3, -0.25) is 4.79 Å². The van der Waals surface area contributed by atoms with E-state index >= 15 is 0 Å². The number of carboxylic acid groups (broad SMARTS) is 1. The molecule has 1 atom stereocenters. The molecule has 0 aliphatic carbocycles. The van der Waals surface area contributed by atoms with E-state index in [4.69, 9.17) is 11.6 Å². The summed E-state index contributed by atoms with van der Waals surface area (Å²) in [5.41, 5.74) is 1.17. The van der Waals surface area contributed by atoms with Crippen LogP contribution in [0.4, 0.5) is 10.5 Å². The van der Waals surface area contributed by atoms with Crippen LogP contribution in [-0.4, -0.2) is 17.1 Å². The van der Waals surface area contributed by atoms with E-state index in [0.29, 0.717) is 16.3 Å². The number of amides is 2. The predicted octanol–water partition coefficient (Wildman–Crippen LogP) is 5.66. The molecule has 0 radical (unpaired) electrons. The van der Waals surface area contributed by atoms with Crippen molar-refractivity contribution in [3.63, 3.8) is 0 Å². The van der Waals surface area contributed by atoms with E-state index in [-0.39, 0.29) is 0 Å². The molecule has 0 spiro atoms. The first-order valence-electron chi connectivity index (χ1n) is 8.47. The van der Waals surface area contributed by atoms with Crippen LogP contribution in [0.15, 0.2) is 66.0 Å². The quantitative estimate of drug-likeness (QED) is 0.406. The fraction of sp³-hybridized carbons (Fsp3) is 0.0476. The Labute approximate surface area is 169 Å². The molecule has 1 unspecified atom stereocenters. The Hall–Kier alpha value is -3.09. The molecule has 0 saturated heterocycles. The molecule has 28 heavy (non-hydrogen) atoms. The van der Waals surface area contributed by atoms with Crippen molar-refractivity contribution in [1.82, 2.24) is 5.32 Å². The van der Waals surface area contributed by atoms with Crippen LogP contribution >= 0.6 is 22.9 Å². The van der Waals surface area contributed by atoms with Crippen LogP contribution in [0.2, 0.25) is 5.02 Å². The summed E-state index contributed by atoms with van der Waals surface area (Å²) >= 11 is 7.52. The molecular weight excluding hydrogens is 396 g/mol. The SMILES string of the molecule is O=C(O)NC(C(=O)Nc1ccc2ccccc2c1)c1csc2ccc(Cl)cc12. The molecule has 5 nitrogen and oxygen atoms in total. The van der Waals surface area contributed by atoms with Crippen molar-refractivity contribution in [3.8, 4) is 0 Å². The van der Waals surface area contributed by atoms with E-state index < -0.39 is 18.0 Å². The van der Waals surface area contributed by atoms with Gasteiger partial charge < -0.3 is 15.7 Å². The van der Waals surface area contributed by atoms with Crippen LogP contribution in [0.3, 0.4) is 0 Å². The maximum Gasteiger partial charge on any atom is 0.405 e. The fourth-order valence-corrected chi connectivity index (χ4v) is 4.27. The van der Waals surface area contributed by atoms with Gasteiger partial charge in [0.1, 0.15) is 6.04 Å². The molecule has 4 aromatic rings. The number of carbonyl (C=O) groups is 2. The van der Waals surface area contributed by atoms with Crippen LogP contribution in [0, 0.1) is 0 Å². The van der Waals surface area contributed by atoms with Crippen LogP contribution in [0.1, 0.15) is 11.6 Å². The molecule has 0 fully saturated rings. The molecule has 0 aliphatic heterocycles. The minimum Gasteiger partial charge on any atom is -0.465 e. The van der Waals surface area contributed by atoms with Gasteiger partial charge in [0.15, 0.2) is 0 Å². The van der Waals surface area contributed by atoms with E-state index in [2.05, 4.69) is 10.6 Å². The lowest BCUT2D eigenvalue weighted by Crippen LogP contribution is -2.36. The lowest BCUT2D eigenvalue weighted by atomic mass is 10.0. The zero-order valence-corrected chi connectivity index (χ0v) is 16.1. The largest absolute Gasteiger partial charge is 0.465 e. The molecule has 1 aromatic heterocycles. The summed E-state index contributed by atoms with van der Waals surface area (Å²) in [6.45, 7) is 0. The third kappa shape index (κ3) is 3.65. The first kappa shape index (κ1) is 18.3. The Bertz CT molecular complexity index is 1200. The monoisotopic (exact) mass is 410 g/mol. The average molecular weight is 411 g/mol. The maximum absolute atomic E-state index is 12.9. The van der Waals surface area contributed by atoms with Crippen molar-refractivity contribution in [2.45, 2.75) is 6.04 Å². The van der Waals surface area contributed by atoms with Crippen molar-refractivity contribution >= 4 is 61.5 Å². The summed E-state index contributed by atoms with van der Waals surface area (Å²) in [6, 6.07) is 17.6. The van der Waals surface area contributed by atoms with Crippen molar-refractivity contribution in [3.05, 3.63) is 76.6 Å². The smallest absolute Gasteiger partial charge is 0.405 e. The number of benzene rings is 3. The van der Waals surface area contributed by atoms with Gasteiger partial charge in [-0.05, 0) is 51.9 Å². The van der Waals surface area contributed by atoms with Gasteiger partial charge in [-0.1, -0.05) is 41.9 Å². The number of hydrogen-bond donors (Lipinski definition) is 3. The minimum atomic E-state index is -1.28. The van der Waals surface area contributed by atoms with Crippen LogP contribution in [0.25, 0.3) is 20.9 Å². The van der Waals surface area contributed by atoms with Gasteiger partial charge >= 0.3 is 6.09 Å². The van der Waals surface area contributed by atoms with Gasteiger partial charge in [0, 0.05) is 21.0 Å². The number of hydrogen-bond acceptors (Lipinski definition) is 3. The molecule has 140 valence electrons. The number of nitrogens with one attached hydrogen (secondary N) is 2. The number of anilines is 1. The molecule has 0 saturated carbocycles. The van der Waals surface area contributed by atoms with Crippen LogP contribution in [-0.2, 0) is 4.79 Å².